The van der Waals surface area contributed by atoms with Crippen molar-refractivity contribution < 1.29 is 4.74 Å². The fraction of sp³-hybridized carbons (Fsp3) is 0.700. The van der Waals surface area contributed by atoms with Gasteiger partial charge in [0.25, 0.3) is 0 Å². The predicted molar refractivity (Wildman–Crippen MR) is 106 cm³/mol. The molecule has 27 heavy (non-hydrogen) atoms. The molecular formula is C20H32N6O. The Labute approximate surface area is 161 Å². The van der Waals surface area contributed by atoms with Gasteiger partial charge >= 0.3 is 0 Å². The Morgan fingerprint density at radius 2 is 2.07 bits per heavy atom. The van der Waals surface area contributed by atoms with Crippen molar-refractivity contribution in [2.75, 3.05) is 31.2 Å². The number of fused-ring (bicyclic) bond motifs is 1. The molecule has 0 amide bonds. The minimum Gasteiger partial charge on any atom is -0.378 e. The van der Waals surface area contributed by atoms with Gasteiger partial charge in [0, 0.05) is 57.4 Å². The minimum atomic E-state index is 0.414. The molecule has 0 bridgehead atoms. The first kappa shape index (κ1) is 18.5. The van der Waals surface area contributed by atoms with E-state index in [9.17, 15) is 0 Å². The Hall–Kier alpha value is -1.86. The molecule has 2 aromatic heterocycles. The van der Waals surface area contributed by atoms with Crippen molar-refractivity contribution in [1.29, 1.82) is 0 Å². The molecule has 148 valence electrons. The molecule has 0 saturated carbocycles. The van der Waals surface area contributed by atoms with Gasteiger partial charge < -0.3 is 19.5 Å². The normalized spacial score (nSPS) is 20.3. The van der Waals surface area contributed by atoms with Gasteiger partial charge in [-0.3, -0.25) is 4.68 Å². The zero-order valence-electron chi connectivity index (χ0n) is 17.0. The van der Waals surface area contributed by atoms with E-state index in [0.29, 0.717) is 12.0 Å². The van der Waals surface area contributed by atoms with Crippen LogP contribution in [0.1, 0.15) is 49.0 Å². The molecule has 2 aliphatic rings. The van der Waals surface area contributed by atoms with Crippen molar-refractivity contribution in [3.8, 4) is 0 Å². The van der Waals surface area contributed by atoms with Crippen LogP contribution >= 0.6 is 0 Å². The van der Waals surface area contributed by atoms with E-state index in [4.69, 9.17) is 9.84 Å². The van der Waals surface area contributed by atoms with Crippen LogP contribution in [0.25, 0.3) is 0 Å². The van der Waals surface area contributed by atoms with Crippen LogP contribution in [0, 0.1) is 6.92 Å². The smallest absolute Gasteiger partial charge is 0.131 e. The lowest BCUT2D eigenvalue weighted by molar-refractivity contribution is 0.122. The first-order chi connectivity index (χ1) is 13.0. The summed E-state index contributed by atoms with van der Waals surface area (Å²) in [6, 6.07) is 0.476. The summed E-state index contributed by atoms with van der Waals surface area (Å²) < 4.78 is 9.93. The first-order valence-corrected chi connectivity index (χ1v) is 10.2. The zero-order valence-corrected chi connectivity index (χ0v) is 17.0. The average molecular weight is 373 g/mol. The molecule has 0 aromatic carbocycles. The Kier molecular flexibility index (Phi) is 5.23. The van der Waals surface area contributed by atoms with Gasteiger partial charge in [-0.15, -0.1) is 0 Å². The second-order valence-corrected chi connectivity index (χ2v) is 8.13. The monoisotopic (exact) mass is 372 g/mol. The van der Waals surface area contributed by atoms with E-state index in [-0.39, 0.29) is 0 Å². The van der Waals surface area contributed by atoms with Crippen molar-refractivity contribution >= 4 is 5.82 Å². The highest BCUT2D eigenvalue weighted by molar-refractivity contribution is 5.51. The van der Waals surface area contributed by atoms with Gasteiger partial charge in [-0.2, -0.15) is 5.10 Å². The Morgan fingerprint density at radius 1 is 1.30 bits per heavy atom. The predicted octanol–water partition coefficient (Wildman–Crippen LogP) is 1.99. The van der Waals surface area contributed by atoms with E-state index < -0.39 is 0 Å². The summed E-state index contributed by atoms with van der Waals surface area (Å²) in [4.78, 5) is 7.05. The van der Waals surface area contributed by atoms with Gasteiger partial charge in [0.15, 0.2) is 0 Å². The van der Waals surface area contributed by atoms with E-state index in [1.54, 1.807) is 0 Å². The molecule has 7 nitrogen and oxygen atoms in total. The third-order valence-electron chi connectivity index (χ3n) is 5.68. The molecular weight excluding hydrogens is 340 g/mol. The maximum absolute atomic E-state index is 5.55. The Bertz CT molecular complexity index is 787. The van der Waals surface area contributed by atoms with Crippen molar-refractivity contribution in [2.24, 2.45) is 7.05 Å². The van der Waals surface area contributed by atoms with Gasteiger partial charge in [0.1, 0.15) is 11.6 Å². The van der Waals surface area contributed by atoms with Gasteiger partial charge in [-0.25, -0.2) is 4.98 Å². The molecule has 7 heteroatoms. The number of nitrogens with zero attached hydrogens (tertiary/aromatic N) is 5. The number of imidazole rings is 1. The molecule has 4 heterocycles. The van der Waals surface area contributed by atoms with E-state index in [2.05, 4.69) is 58.5 Å². The fourth-order valence-electron chi connectivity index (χ4n) is 4.38. The summed E-state index contributed by atoms with van der Waals surface area (Å²) in [5.74, 6) is 2.89. The topological polar surface area (TPSA) is 60.1 Å². The van der Waals surface area contributed by atoms with E-state index in [1.807, 2.05) is 0 Å². The number of nitrogens with one attached hydrogen (secondary N) is 1. The number of rotatable bonds is 5. The molecule has 4 rings (SSSR count). The fourth-order valence-corrected chi connectivity index (χ4v) is 4.38. The van der Waals surface area contributed by atoms with Crippen molar-refractivity contribution in [3.05, 3.63) is 29.0 Å². The van der Waals surface area contributed by atoms with Crippen LogP contribution in [0.4, 0.5) is 5.82 Å². The molecule has 0 spiro atoms. The van der Waals surface area contributed by atoms with Gasteiger partial charge in [-0.05, 0) is 19.3 Å². The number of aromatic nitrogens is 4. The number of aryl methyl sites for hydroxylation is 3. The van der Waals surface area contributed by atoms with Crippen molar-refractivity contribution in [1.82, 2.24) is 24.6 Å². The summed E-state index contributed by atoms with van der Waals surface area (Å²) in [7, 11) is 2.07. The largest absolute Gasteiger partial charge is 0.378 e. The number of hydrogen-bond acceptors (Lipinski definition) is 5. The first-order valence-electron chi connectivity index (χ1n) is 10.2. The molecule has 1 N–H and O–H groups in total. The minimum absolute atomic E-state index is 0.414. The third-order valence-corrected chi connectivity index (χ3v) is 5.68. The Balaban J connectivity index is 1.52. The summed E-state index contributed by atoms with van der Waals surface area (Å²) in [5, 5.41) is 8.68. The molecule has 1 saturated heterocycles. The van der Waals surface area contributed by atoms with E-state index in [0.717, 1.165) is 57.9 Å². The molecule has 2 aliphatic heterocycles. The van der Waals surface area contributed by atoms with Crippen LogP contribution in [0.2, 0.25) is 0 Å². The molecule has 1 fully saturated rings. The summed E-state index contributed by atoms with van der Waals surface area (Å²) in [6.07, 6.45) is 4.36. The van der Waals surface area contributed by atoms with E-state index in [1.165, 1.54) is 22.9 Å². The number of ether oxygens (including phenoxy) is 1. The molecule has 1 atom stereocenters. The second kappa shape index (κ2) is 7.64. The number of hydrogen-bond donors (Lipinski definition) is 1. The van der Waals surface area contributed by atoms with Crippen molar-refractivity contribution in [2.45, 2.75) is 58.7 Å². The van der Waals surface area contributed by atoms with Gasteiger partial charge in [0.05, 0.1) is 24.6 Å². The summed E-state index contributed by atoms with van der Waals surface area (Å²) in [6.45, 7) is 11.9. The third kappa shape index (κ3) is 3.75. The lowest BCUT2D eigenvalue weighted by atomic mass is 10.0. The van der Waals surface area contributed by atoms with Crippen LogP contribution in [-0.4, -0.2) is 51.7 Å². The van der Waals surface area contributed by atoms with Crippen LogP contribution in [-0.2, 0) is 31.3 Å². The maximum atomic E-state index is 5.55. The highest BCUT2D eigenvalue weighted by Gasteiger charge is 2.26. The zero-order chi connectivity index (χ0) is 19.0. The molecule has 2 aromatic rings. The SMILES string of the molecule is Cc1cn2c(n1)CC[C@H](NCc1c(C(C)C)nn(C)c1N1CCOCC1)C2. The molecule has 0 radical (unpaired) electrons. The van der Waals surface area contributed by atoms with Crippen LogP contribution < -0.4 is 10.2 Å². The van der Waals surface area contributed by atoms with Gasteiger partial charge in [0.2, 0.25) is 0 Å². The molecule has 0 unspecified atom stereocenters. The Morgan fingerprint density at radius 3 is 2.81 bits per heavy atom. The van der Waals surface area contributed by atoms with Crippen molar-refractivity contribution in [3.63, 3.8) is 0 Å². The number of morpholine rings is 1. The number of anilines is 1. The van der Waals surface area contributed by atoms with Crippen LogP contribution in [0.3, 0.4) is 0 Å². The maximum Gasteiger partial charge on any atom is 0.131 e. The lowest BCUT2D eigenvalue weighted by Crippen LogP contribution is -2.39. The lowest BCUT2D eigenvalue weighted by Gasteiger charge is -2.30. The standard InChI is InChI=1S/C20H32N6O/c1-14(2)19-17(20(24(4)23-19)25-7-9-27-10-8-25)11-21-16-5-6-18-22-15(3)12-26(18)13-16/h12,14,16,21H,5-11,13H2,1-4H3/t16-/m0/s1. The van der Waals surface area contributed by atoms with Crippen LogP contribution in [0.5, 0.6) is 0 Å². The highest BCUT2D eigenvalue weighted by atomic mass is 16.5. The summed E-state index contributed by atoms with van der Waals surface area (Å²) >= 11 is 0. The quantitative estimate of drug-likeness (QED) is 0.870. The van der Waals surface area contributed by atoms with Gasteiger partial charge in [-0.1, -0.05) is 13.8 Å². The van der Waals surface area contributed by atoms with E-state index >= 15 is 0 Å². The summed E-state index contributed by atoms with van der Waals surface area (Å²) in [5.41, 5.74) is 3.68. The second-order valence-electron chi connectivity index (χ2n) is 8.13. The van der Waals surface area contributed by atoms with Crippen LogP contribution in [0.15, 0.2) is 6.20 Å². The molecule has 0 aliphatic carbocycles. The highest BCUT2D eigenvalue weighted by Crippen LogP contribution is 2.29. The average Bonchev–Trinajstić information content (AvgIpc) is 3.19.